The van der Waals surface area contributed by atoms with Gasteiger partial charge in [-0.1, -0.05) is 20.3 Å². The molecular formula is C14H25N. The Balaban J connectivity index is 1.58. The average molecular weight is 207 g/mol. The maximum Gasteiger partial charge on any atom is 0.00754 e. The average Bonchev–Trinajstić information content (AvgIpc) is 2.68. The summed E-state index contributed by atoms with van der Waals surface area (Å²) < 4.78 is 0. The molecule has 6 unspecified atom stereocenters. The Morgan fingerprint density at radius 1 is 1.20 bits per heavy atom. The monoisotopic (exact) mass is 207 g/mol. The van der Waals surface area contributed by atoms with Crippen molar-refractivity contribution in [3.63, 3.8) is 0 Å². The van der Waals surface area contributed by atoms with Crippen molar-refractivity contribution < 1.29 is 0 Å². The second-order valence-electron chi connectivity index (χ2n) is 6.48. The van der Waals surface area contributed by atoms with Gasteiger partial charge in [-0.15, -0.1) is 0 Å². The molecule has 0 aliphatic heterocycles. The van der Waals surface area contributed by atoms with Crippen LogP contribution in [0.3, 0.4) is 0 Å². The molecule has 1 nitrogen and oxygen atoms in total. The summed E-state index contributed by atoms with van der Waals surface area (Å²) >= 11 is 0. The second-order valence-corrected chi connectivity index (χ2v) is 6.48. The lowest BCUT2D eigenvalue weighted by Gasteiger charge is -2.19. The van der Waals surface area contributed by atoms with Gasteiger partial charge in [0.15, 0.2) is 0 Å². The summed E-state index contributed by atoms with van der Waals surface area (Å²) in [5, 5.41) is 0. The van der Waals surface area contributed by atoms with E-state index in [1.54, 1.807) is 6.42 Å². The molecule has 0 aromatic rings. The molecule has 2 N–H and O–H groups in total. The van der Waals surface area contributed by atoms with Gasteiger partial charge in [0.25, 0.3) is 0 Å². The van der Waals surface area contributed by atoms with Crippen molar-refractivity contribution in [2.45, 2.75) is 52.0 Å². The zero-order valence-corrected chi connectivity index (χ0v) is 10.2. The van der Waals surface area contributed by atoms with Crippen LogP contribution in [-0.4, -0.2) is 6.04 Å². The molecule has 1 heteroatoms. The van der Waals surface area contributed by atoms with Gasteiger partial charge < -0.3 is 5.73 Å². The Hall–Kier alpha value is -0.0400. The van der Waals surface area contributed by atoms with Crippen LogP contribution >= 0.6 is 0 Å². The summed E-state index contributed by atoms with van der Waals surface area (Å²) in [5.74, 6) is 6.09. The van der Waals surface area contributed by atoms with Gasteiger partial charge in [0.1, 0.15) is 0 Å². The van der Waals surface area contributed by atoms with Crippen LogP contribution in [0.25, 0.3) is 0 Å². The molecular weight excluding hydrogens is 182 g/mol. The van der Waals surface area contributed by atoms with Gasteiger partial charge >= 0.3 is 0 Å². The van der Waals surface area contributed by atoms with Crippen LogP contribution in [-0.2, 0) is 0 Å². The molecule has 0 aromatic heterocycles. The summed E-state index contributed by atoms with van der Waals surface area (Å²) in [4.78, 5) is 0. The topological polar surface area (TPSA) is 26.0 Å². The van der Waals surface area contributed by atoms with Crippen LogP contribution < -0.4 is 5.73 Å². The molecule has 3 aliphatic carbocycles. The Kier molecular flexibility index (Phi) is 2.35. The highest BCUT2D eigenvalue weighted by Gasteiger charge is 2.65. The molecule has 0 heterocycles. The quantitative estimate of drug-likeness (QED) is 0.753. The van der Waals surface area contributed by atoms with E-state index >= 15 is 0 Å². The highest BCUT2D eigenvalue weighted by molar-refractivity contribution is 5.15. The summed E-state index contributed by atoms with van der Waals surface area (Å²) in [6.45, 7) is 4.64. The molecule has 3 aliphatic rings. The lowest BCUT2D eigenvalue weighted by molar-refractivity contribution is 0.357. The normalized spacial score (nSPS) is 50.2. The van der Waals surface area contributed by atoms with E-state index in [2.05, 4.69) is 13.8 Å². The lowest BCUT2D eigenvalue weighted by Crippen LogP contribution is -2.28. The molecule has 0 saturated heterocycles. The van der Waals surface area contributed by atoms with Gasteiger partial charge in [-0.05, 0) is 61.2 Å². The van der Waals surface area contributed by atoms with Gasteiger partial charge in [0, 0.05) is 6.04 Å². The Bertz CT molecular complexity index is 234. The van der Waals surface area contributed by atoms with E-state index < -0.39 is 0 Å². The van der Waals surface area contributed by atoms with E-state index in [9.17, 15) is 0 Å². The number of hydrogen-bond acceptors (Lipinski definition) is 1. The number of hydrogen-bond donors (Lipinski definition) is 1. The molecule has 86 valence electrons. The van der Waals surface area contributed by atoms with Gasteiger partial charge in [-0.2, -0.15) is 0 Å². The Labute approximate surface area is 93.8 Å². The van der Waals surface area contributed by atoms with Crippen LogP contribution in [0, 0.1) is 35.5 Å². The predicted molar refractivity (Wildman–Crippen MR) is 63.3 cm³/mol. The molecule has 0 amide bonds. The van der Waals surface area contributed by atoms with Crippen molar-refractivity contribution in [1.29, 1.82) is 0 Å². The van der Waals surface area contributed by atoms with Crippen molar-refractivity contribution in [3.05, 3.63) is 0 Å². The maximum absolute atomic E-state index is 6.40. The smallest absolute Gasteiger partial charge is 0.00754 e. The van der Waals surface area contributed by atoms with E-state index in [1.807, 2.05) is 0 Å². The first kappa shape index (κ1) is 10.1. The zero-order chi connectivity index (χ0) is 10.6. The molecule has 6 atom stereocenters. The third-order valence-electron chi connectivity index (χ3n) is 5.66. The van der Waals surface area contributed by atoms with Crippen LogP contribution in [0.2, 0.25) is 0 Å². The summed E-state index contributed by atoms with van der Waals surface area (Å²) in [6.07, 6.45) is 7.18. The molecule has 0 aromatic carbocycles. The fraction of sp³-hybridized carbons (Fsp3) is 1.00. The van der Waals surface area contributed by atoms with Crippen LogP contribution in [0.1, 0.15) is 46.0 Å². The largest absolute Gasteiger partial charge is 0.327 e. The van der Waals surface area contributed by atoms with Crippen LogP contribution in [0.15, 0.2) is 0 Å². The van der Waals surface area contributed by atoms with Crippen molar-refractivity contribution in [1.82, 2.24) is 0 Å². The molecule has 2 bridgehead atoms. The minimum atomic E-state index is 0.526. The SMILES string of the molecule is CCC(C)CC(N)C1C2C3CCC(C3)C12. The second kappa shape index (κ2) is 3.48. The highest BCUT2D eigenvalue weighted by Crippen LogP contribution is 2.70. The summed E-state index contributed by atoms with van der Waals surface area (Å²) in [6, 6.07) is 0.526. The Morgan fingerprint density at radius 3 is 2.33 bits per heavy atom. The third kappa shape index (κ3) is 1.46. The third-order valence-corrected chi connectivity index (χ3v) is 5.66. The van der Waals surface area contributed by atoms with Crippen molar-refractivity contribution in [3.8, 4) is 0 Å². The lowest BCUT2D eigenvalue weighted by atomic mass is 9.91. The molecule has 15 heavy (non-hydrogen) atoms. The zero-order valence-electron chi connectivity index (χ0n) is 10.2. The fourth-order valence-corrected chi connectivity index (χ4v) is 4.75. The summed E-state index contributed by atoms with van der Waals surface area (Å²) in [5.41, 5.74) is 6.40. The maximum atomic E-state index is 6.40. The van der Waals surface area contributed by atoms with Crippen molar-refractivity contribution in [2.75, 3.05) is 0 Å². The van der Waals surface area contributed by atoms with E-state index in [4.69, 9.17) is 5.73 Å². The molecule has 3 fully saturated rings. The van der Waals surface area contributed by atoms with E-state index in [0.717, 1.165) is 35.5 Å². The highest BCUT2D eigenvalue weighted by atomic mass is 14.8. The minimum Gasteiger partial charge on any atom is -0.327 e. The standard InChI is InChI=1S/C14H25N/c1-3-8(2)6-11(15)14-12-9-4-5-10(7-9)13(12)14/h8-14H,3-7,15H2,1-2H3. The van der Waals surface area contributed by atoms with E-state index in [-0.39, 0.29) is 0 Å². The first-order valence-electron chi connectivity index (χ1n) is 6.98. The predicted octanol–water partition coefficient (Wildman–Crippen LogP) is 3.04. The van der Waals surface area contributed by atoms with Crippen LogP contribution in [0.5, 0.6) is 0 Å². The first-order valence-corrected chi connectivity index (χ1v) is 6.98. The molecule has 3 rings (SSSR count). The number of rotatable bonds is 4. The minimum absolute atomic E-state index is 0.526. The van der Waals surface area contributed by atoms with Gasteiger partial charge in [-0.3, -0.25) is 0 Å². The van der Waals surface area contributed by atoms with Crippen LogP contribution in [0.4, 0.5) is 0 Å². The van der Waals surface area contributed by atoms with Crippen molar-refractivity contribution in [2.24, 2.45) is 41.2 Å². The first-order chi connectivity index (χ1) is 7.22. The molecule has 3 saturated carbocycles. The van der Waals surface area contributed by atoms with Gasteiger partial charge in [0.2, 0.25) is 0 Å². The van der Waals surface area contributed by atoms with Gasteiger partial charge in [-0.25, -0.2) is 0 Å². The number of fused-ring (bicyclic) bond motifs is 5. The van der Waals surface area contributed by atoms with Crippen molar-refractivity contribution >= 4 is 0 Å². The summed E-state index contributed by atoms with van der Waals surface area (Å²) in [7, 11) is 0. The molecule has 0 spiro atoms. The van der Waals surface area contributed by atoms with Gasteiger partial charge in [0.05, 0.1) is 0 Å². The van der Waals surface area contributed by atoms with E-state index in [0.29, 0.717) is 6.04 Å². The fourth-order valence-electron chi connectivity index (χ4n) is 4.75. The molecule has 0 radical (unpaired) electrons. The number of nitrogens with two attached hydrogens (primary N) is 1. The Morgan fingerprint density at radius 2 is 1.80 bits per heavy atom. The van der Waals surface area contributed by atoms with E-state index in [1.165, 1.54) is 25.7 Å².